The zero-order chi connectivity index (χ0) is 13.8. The molecule has 2 fully saturated rings. The van der Waals surface area contributed by atoms with Gasteiger partial charge >= 0.3 is 0 Å². The molecule has 1 saturated carbocycles. The van der Waals surface area contributed by atoms with Gasteiger partial charge in [0, 0.05) is 25.7 Å². The van der Waals surface area contributed by atoms with Gasteiger partial charge in [0.1, 0.15) is 18.0 Å². The normalized spacial score (nSPS) is 21.4. The third-order valence-corrected chi connectivity index (χ3v) is 5.02. The van der Waals surface area contributed by atoms with Crippen LogP contribution in [0.2, 0.25) is 0 Å². The number of hydrogen-bond acceptors (Lipinski definition) is 4. The summed E-state index contributed by atoms with van der Waals surface area (Å²) in [6.07, 6.45) is 11.3. The molecule has 20 heavy (non-hydrogen) atoms. The van der Waals surface area contributed by atoms with Crippen LogP contribution >= 0.6 is 0 Å². The Kier molecular flexibility index (Phi) is 4.08. The molecule has 1 aliphatic carbocycles. The molecule has 1 aromatic heterocycles. The lowest BCUT2D eigenvalue weighted by atomic mass is 9.77. The van der Waals surface area contributed by atoms with E-state index in [1.54, 1.807) is 6.33 Å². The molecule has 0 amide bonds. The minimum Gasteiger partial charge on any atom is -0.370 e. The highest BCUT2D eigenvalue weighted by molar-refractivity contribution is 5.48. The highest BCUT2D eigenvalue weighted by Gasteiger charge is 2.37. The first kappa shape index (κ1) is 13.7. The number of aromatic nitrogens is 2. The molecule has 4 heteroatoms. The molecule has 1 spiro atoms. The molecule has 2 aliphatic rings. The Morgan fingerprint density at radius 3 is 2.60 bits per heavy atom. The van der Waals surface area contributed by atoms with Gasteiger partial charge in [0.2, 0.25) is 0 Å². The second-order valence-corrected chi connectivity index (χ2v) is 6.38. The Hall–Kier alpha value is -1.32. The fraction of sp³-hybridized carbons (Fsp3) is 0.750. The molecule has 0 unspecified atom stereocenters. The molecule has 1 aromatic rings. The topological polar surface area (TPSA) is 41.0 Å². The molecule has 110 valence electrons. The smallest absolute Gasteiger partial charge is 0.134 e. The van der Waals surface area contributed by atoms with Crippen molar-refractivity contribution < 1.29 is 0 Å². The molecule has 1 aliphatic heterocycles. The minimum atomic E-state index is 0.673. The summed E-state index contributed by atoms with van der Waals surface area (Å²) in [5.74, 6) is 2.05. The van der Waals surface area contributed by atoms with Crippen molar-refractivity contribution in [2.75, 3.05) is 29.9 Å². The average molecular weight is 274 g/mol. The number of nitrogens with zero attached hydrogens (tertiary/aromatic N) is 3. The van der Waals surface area contributed by atoms with E-state index in [4.69, 9.17) is 0 Å². The Morgan fingerprint density at radius 2 is 1.90 bits per heavy atom. The molecular weight excluding hydrogens is 248 g/mol. The highest BCUT2D eigenvalue weighted by atomic mass is 15.2. The van der Waals surface area contributed by atoms with E-state index in [0.29, 0.717) is 5.41 Å². The zero-order valence-corrected chi connectivity index (χ0v) is 12.6. The Balaban J connectivity index is 1.62. The van der Waals surface area contributed by atoms with E-state index in [0.717, 1.165) is 37.7 Å². The van der Waals surface area contributed by atoms with Crippen LogP contribution in [-0.2, 0) is 0 Å². The summed E-state index contributed by atoms with van der Waals surface area (Å²) in [5.41, 5.74) is 0.673. The van der Waals surface area contributed by atoms with E-state index >= 15 is 0 Å². The van der Waals surface area contributed by atoms with Crippen molar-refractivity contribution >= 4 is 11.6 Å². The SMILES string of the molecule is CCCNc1cc(N2CCC3(CCCC3)CC2)ncn1. The van der Waals surface area contributed by atoms with Crippen LogP contribution < -0.4 is 10.2 Å². The number of nitrogens with one attached hydrogen (secondary N) is 1. The van der Waals surface area contributed by atoms with Gasteiger partial charge in [-0.15, -0.1) is 0 Å². The first-order valence-electron chi connectivity index (χ1n) is 8.12. The molecule has 2 heterocycles. The molecule has 4 nitrogen and oxygen atoms in total. The summed E-state index contributed by atoms with van der Waals surface area (Å²) < 4.78 is 0. The summed E-state index contributed by atoms with van der Waals surface area (Å²) in [4.78, 5) is 11.2. The van der Waals surface area contributed by atoms with Crippen LogP contribution in [0.15, 0.2) is 12.4 Å². The van der Waals surface area contributed by atoms with Crippen molar-refractivity contribution in [1.82, 2.24) is 9.97 Å². The molecule has 0 atom stereocenters. The second kappa shape index (κ2) is 5.98. The maximum absolute atomic E-state index is 4.46. The van der Waals surface area contributed by atoms with Crippen molar-refractivity contribution in [1.29, 1.82) is 0 Å². The fourth-order valence-electron chi connectivity index (χ4n) is 3.70. The molecule has 0 aromatic carbocycles. The summed E-state index contributed by atoms with van der Waals surface area (Å²) in [7, 11) is 0. The molecule has 0 radical (unpaired) electrons. The van der Waals surface area contributed by atoms with Gasteiger partial charge in [-0.1, -0.05) is 19.8 Å². The zero-order valence-electron chi connectivity index (χ0n) is 12.6. The van der Waals surface area contributed by atoms with Crippen molar-refractivity contribution in [2.24, 2.45) is 5.41 Å². The largest absolute Gasteiger partial charge is 0.370 e. The van der Waals surface area contributed by atoms with Crippen LogP contribution in [-0.4, -0.2) is 29.6 Å². The van der Waals surface area contributed by atoms with Gasteiger partial charge in [-0.25, -0.2) is 9.97 Å². The third kappa shape index (κ3) is 2.89. The van der Waals surface area contributed by atoms with Gasteiger partial charge in [0.05, 0.1) is 0 Å². The molecule has 1 saturated heterocycles. The van der Waals surface area contributed by atoms with Gasteiger partial charge in [-0.2, -0.15) is 0 Å². The van der Waals surface area contributed by atoms with E-state index in [1.165, 1.54) is 38.5 Å². The Bertz CT molecular complexity index is 430. The van der Waals surface area contributed by atoms with Crippen LogP contribution in [0.1, 0.15) is 51.9 Å². The van der Waals surface area contributed by atoms with Gasteiger partial charge in [-0.3, -0.25) is 0 Å². The van der Waals surface area contributed by atoms with E-state index in [-0.39, 0.29) is 0 Å². The van der Waals surface area contributed by atoms with Crippen LogP contribution in [0.5, 0.6) is 0 Å². The lowest BCUT2D eigenvalue weighted by molar-refractivity contribution is 0.226. The number of hydrogen-bond donors (Lipinski definition) is 1. The maximum atomic E-state index is 4.46. The molecule has 3 rings (SSSR count). The predicted molar refractivity (Wildman–Crippen MR) is 83.2 cm³/mol. The average Bonchev–Trinajstić information content (AvgIpc) is 2.94. The first-order chi connectivity index (χ1) is 9.81. The third-order valence-electron chi connectivity index (χ3n) is 5.02. The maximum Gasteiger partial charge on any atom is 0.134 e. The van der Waals surface area contributed by atoms with Crippen molar-refractivity contribution in [3.05, 3.63) is 12.4 Å². The monoisotopic (exact) mass is 274 g/mol. The van der Waals surface area contributed by atoms with Crippen LogP contribution in [0, 0.1) is 5.41 Å². The quantitative estimate of drug-likeness (QED) is 0.913. The molecular formula is C16H26N4. The van der Waals surface area contributed by atoms with Gasteiger partial charge in [0.15, 0.2) is 0 Å². The van der Waals surface area contributed by atoms with E-state index < -0.39 is 0 Å². The van der Waals surface area contributed by atoms with Crippen molar-refractivity contribution in [2.45, 2.75) is 51.9 Å². The number of anilines is 2. The Labute approximate surface area is 122 Å². The number of rotatable bonds is 4. The summed E-state index contributed by atoms with van der Waals surface area (Å²) >= 11 is 0. The van der Waals surface area contributed by atoms with Gasteiger partial charge < -0.3 is 10.2 Å². The Morgan fingerprint density at radius 1 is 1.15 bits per heavy atom. The standard InChI is InChI=1S/C16H26N4/c1-2-9-17-14-12-15(19-13-18-14)20-10-7-16(8-11-20)5-3-4-6-16/h12-13H,2-11H2,1H3,(H,17,18,19). The van der Waals surface area contributed by atoms with Crippen LogP contribution in [0.3, 0.4) is 0 Å². The van der Waals surface area contributed by atoms with Crippen LogP contribution in [0.4, 0.5) is 11.6 Å². The summed E-state index contributed by atoms with van der Waals surface area (Å²) in [6, 6.07) is 2.10. The highest BCUT2D eigenvalue weighted by Crippen LogP contribution is 2.46. The van der Waals surface area contributed by atoms with Crippen LogP contribution in [0.25, 0.3) is 0 Å². The van der Waals surface area contributed by atoms with Crippen molar-refractivity contribution in [3.8, 4) is 0 Å². The van der Waals surface area contributed by atoms with Gasteiger partial charge in [-0.05, 0) is 37.5 Å². The van der Waals surface area contributed by atoms with E-state index in [9.17, 15) is 0 Å². The summed E-state index contributed by atoms with van der Waals surface area (Å²) in [5, 5.41) is 3.34. The van der Waals surface area contributed by atoms with Gasteiger partial charge in [0.25, 0.3) is 0 Å². The lowest BCUT2D eigenvalue weighted by Gasteiger charge is -2.40. The summed E-state index contributed by atoms with van der Waals surface area (Å²) in [6.45, 7) is 5.45. The lowest BCUT2D eigenvalue weighted by Crippen LogP contribution is -2.39. The fourth-order valence-corrected chi connectivity index (χ4v) is 3.70. The first-order valence-corrected chi connectivity index (χ1v) is 8.12. The van der Waals surface area contributed by atoms with E-state index in [1.807, 2.05) is 0 Å². The van der Waals surface area contributed by atoms with Crippen molar-refractivity contribution in [3.63, 3.8) is 0 Å². The number of piperidine rings is 1. The molecule has 0 bridgehead atoms. The molecule has 1 N–H and O–H groups in total. The second-order valence-electron chi connectivity index (χ2n) is 6.38. The van der Waals surface area contributed by atoms with E-state index in [2.05, 4.69) is 33.2 Å². The predicted octanol–water partition coefficient (Wildman–Crippen LogP) is 3.46. The minimum absolute atomic E-state index is 0.673.